The number of fused-ring (bicyclic) bond motifs is 1. The summed E-state index contributed by atoms with van der Waals surface area (Å²) in [5, 5.41) is 5.25. The number of nitrogens with zero attached hydrogens (tertiary/aromatic N) is 2. The van der Waals surface area contributed by atoms with Gasteiger partial charge in [-0.2, -0.15) is 13.2 Å². The molecule has 4 nitrogen and oxygen atoms in total. The first-order valence-corrected chi connectivity index (χ1v) is 6.00. The Labute approximate surface area is 109 Å². The molecule has 0 saturated heterocycles. The third-order valence-electron chi connectivity index (χ3n) is 3.02. The fraction of sp³-hybridized carbons (Fsp3) is 0.500. The Morgan fingerprint density at radius 3 is 2.79 bits per heavy atom. The summed E-state index contributed by atoms with van der Waals surface area (Å²) in [7, 11) is 0. The van der Waals surface area contributed by atoms with E-state index in [0.29, 0.717) is 17.8 Å². The topological polar surface area (TPSA) is 49.3 Å². The zero-order valence-corrected chi connectivity index (χ0v) is 10.7. The van der Waals surface area contributed by atoms with Crippen molar-refractivity contribution in [3.8, 4) is 0 Å². The van der Waals surface area contributed by atoms with E-state index in [4.69, 9.17) is 0 Å². The fourth-order valence-electron chi connectivity index (χ4n) is 2.16. The predicted molar refractivity (Wildman–Crippen MR) is 67.1 cm³/mol. The van der Waals surface area contributed by atoms with Crippen LogP contribution in [-0.2, 0) is 5.66 Å². The zero-order chi connectivity index (χ0) is 14.1. The van der Waals surface area contributed by atoms with Crippen LogP contribution in [0.2, 0.25) is 0 Å². The Morgan fingerprint density at radius 1 is 1.42 bits per heavy atom. The van der Waals surface area contributed by atoms with Crippen molar-refractivity contribution in [3.63, 3.8) is 0 Å². The van der Waals surface area contributed by atoms with Crippen LogP contribution in [0.5, 0.6) is 0 Å². The van der Waals surface area contributed by atoms with Crippen molar-refractivity contribution in [2.75, 3.05) is 11.9 Å². The molecule has 0 unspecified atom stereocenters. The molecule has 0 bridgehead atoms. The number of aliphatic imine (C=N–C) groups is 1. The van der Waals surface area contributed by atoms with Gasteiger partial charge in [0.1, 0.15) is 0 Å². The van der Waals surface area contributed by atoms with Gasteiger partial charge in [-0.25, -0.2) is 4.99 Å². The third-order valence-corrected chi connectivity index (χ3v) is 3.02. The molecule has 0 radical (unpaired) electrons. The number of hydrogen-bond donors (Lipinski definition) is 2. The molecule has 104 valence electrons. The predicted octanol–water partition coefficient (Wildman–Crippen LogP) is 2.56. The minimum atomic E-state index is -4.54. The SMILES string of the molecule is CCCN[C@@]1(C(F)(F)F)N=CNc2ccnc(C)c21. The number of nitrogens with one attached hydrogen (secondary N) is 2. The van der Waals surface area contributed by atoms with Gasteiger partial charge in [0.05, 0.1) is 6.34 Å². The molecule has 2 rings (SSSR count). The van der Waals surface area contributed by atoms with Crippen LogP contribution in [0.1, 0.15) is 24.6 Å². The highest BCUT2D eigenvalue weighted by molar-refractivity contribution is 5.81. The van der Waals surface area contributed by atoms with E-state index in [9.17, 15) is 13.2 Å². The van der Waals surface area contributed by atoms with Crippen LogP contribution in [0.3, 0.4) is 0 Å². The molecule has 0 spiro atoms. The highest BCUT2D eigenvalue weighted by atomic mass is 19.4. The molecule has 0 aliphatic carbocycles. The molecule has 0 amide bonds. The van der Waals surface area contributed by atoms with Gasteiger partial charge in [0.2, 0.25) is 5.66 Å². The van der Waals surface area contributed by atoms with Gasteiger partial charge in [0.15, 0.2) is 0 Å². The van der Waals surface area contributed by atoms with E-state index in [2.05, 4.69) is 20.6 Å². The van der Waals surface area contributed by atoms with Gasteiger partial charge in [0.25, 0.3) is 0 Å². The summed E-state index contributed by atoms with van der Waals surface area (Å²) >= 11 is 0. The van der Waals surface area contributed by atoms with Crippen molar-refractivity contribution in [2.24, 2.45) is 4.99 Å². The van der Waals surface area contributed by atoms with Crippen LogP contribution < -0.4 is 10.6 Å². The maximum absolute atomic E-state index is 13.5. The summed E-state index contributed by atoms with van der Waals surface area (Å²) in [5.74, 6) is 0. The molecule has 2 heterocycles. The normalized spacial score (nSPS) is 21.9. The Balaban J connectivity index is 2.62. The molecule has 1 atom stereocenters. The van der Waals surface area contributed by atoms with Crippen molar-refractivity contribution in [1.29, 1.82) is 0 Å². The lowest BCUT2D eigenvalue weighted by Gasteiger charge is -2.37. The summed E-state index contributed by atoms with van der Waals surface area (Å²) in [6.45, 7) is 3.57. The van der Waals surface area contributed by atoms with Crippen molar-refractivity contribution >= 4 is 12.0 Å². The van der Waals surface area contributed by atoms with E-state index in [1.165, 1.54) is 12.3 Å². The van der Waals surface area contributed by atoms with E-state index >= 15 is 0 Å². The van der Waals surface area contributed by atoms with Crippen LogP contribution in [0.4, 0.5) is 18.9 Å². The van der Waals surface area contributed by atoms with E-state index in [0.717, 1.165) is 6.34 Å². The zero-order valence-electron chi connectivity index (χ0n) is 10.7. The summed E-state index contributed by atoms with van der Waals surface area (Å²) in [6, 6.07) is 1.52. The second-order valence-electron chi connectivity index (χ2n) is 4.36. The van der Waals surface area contributed by atoms with Gasteiger partial charge < -0.3 is 5.32 Å². The highest BCUT2D eigenvalue weighted by Gasteiger charge is 2.58. The molecule has 2 N–H and O–H groups in total. The molecule has 19 heavy (non-hydrogen) atoms. The highest BCUT2D eigenvalue weighted by Crippen LogP contribution is 2.45. The van der Waals surface area contributed by atoms with Gasteiger partial charge in [-0.3, -0.25) is 10.3 Å². The summed E-state index contributed by atoms with van der Waals surface area (Å²) in [6.07, 6.45) is -1.40. The number of anilines is 1. The number of aromatic nitrogens is 1. The first-order valence-electron chi connectivity index (χ1n) is 6.00. The van der Waals surface area contributed by atoms with Gasteiger partial charge in [0, 0.05) is 23.1 Å². The van der Waals surface area contributed by atoms with E-state index in [1.807, 2.05) is 0 Å². The number of hydrogen-bond acceptors (Lipinski definition) is 4. The molecule has 1 aromatic heterocycles. The molecule has 7 heteroatoms. The van der Waals surface area contributed by atoms with Crippen molar-refractivity contribution < 1.29 is 13.2 Å². The molecule has 1 aliphatic rings. The van der Waals surface area contributed by atoms with Gasteiger partial charge in [-0.05, 0) is 26.0 Å². The van der Waals surface area contributed by atoms with E-state index < -0.39 is 11.8 Å². The minimum Gasteiger partial charge on any atom is -0.346 e. The van der Waals surface area contributed by atoms with Crippen molar-refractivity contribution in [2.45, 2.75) is 32.1 Å². The van der Waals surface area contributed by atoms with Crippen LogP contribution >= 0.6 is 0 Å². The largest absolute Gasteiger partial charge is 0.431 e. The van der Waals surface area contributed by atoms with Crippen molar-refractivity contribution in [1.82, 2.24) is 10.3 Å². The molecule has 0 fully saturated rings. The molecular formula is C12H15F3N4. The average molecular weight is 272 g/mol. The van der Waals surface area contributed by atoms with Gasteiger partial charge in [-0.1, -0.05) is 6.92 Å². The number of alkyl halides is 3. The maximum Gasteiger partial charge on any atom is 0.431 e. The molecule has 1 aromatic rings. The Kier molecular flexibility index (Phi) is 3.49. The third kappa shape index (κ3) is 2.18. The first kappa shape index (κ1) is 13.8. The quantitative estimate of drug-likeness (QED) is 0.889. The second kappa shape index (κ2) is 4.80. The van der Waals surface area contributed by atoms with Crippen LogP contribution in [0, 0.1) is 6.92 Å². The summed E-state index contributed by atoms with van der Waals surface area (Å²) in [4.78, 5) is 7.62. The number of rotatable bonds is 3. The summed E-state index contributed by atoms with van der Waals surface area (Å²) < 4.78 is 40.6. The minimum absolute atomic E-state index is 0.0402. The van der Waals surface area contributed by atoms with E-state index in [1.54, 1.807) is 13.8 Å². The smallest absolute Gasteiger partial charge is 0.346 e. The lowest BCUT2D eigenvalue weighted by atomic mass is 9.94. The lowest BCUT2D eigenvalue weighted by molar-refractivity contribution is -0.198. The van der Waals surface area contributed by atoms with E-state index in [-0.39, 0.29) is 12.1 Å². The molecular weight excluding hydrogens is 257 g/mol. The standard InChI is InChI=1S/C12H15F3N4/c1-3-5-18-11(12(13,14)15)10-8(2)16-6-4-9(10)17-7-19-11/h4,6-7,18H,3,5H2,1-2H3,(H,17,19)/t11-/m1/s1. The fourth-order valence-corrected chi connectivity index (χ4v) is 2.16. The number of halogens is 3. The lowest BCUT2D eigenvalue weighted by Crippen LogP contribution is -2.55. The van der Waals surface area contributed by atoms with Gasteiger partial charge in [-0.15, -0.1) is 0 Å². The Morgan fingerprint density at radius 2 is 2.16 bits per heavy atom. The van der Waals surface area contributed by atoms with Crippen molar-refractivity contribution in [3.05, 3.63) is 23.5 Å². The number of aryl methyl sites for hydroxylation is 1. The summed E-state index contributed by atoms with van der Waals surface area (Å²) in [5.41, 5.74) is -1.69. The molecule has 1 aliphatic heterocycles. The monoisotopic (exact) mass is 272 g/mol. The van der Waals surface area contributed by atoms with Crippen LogP contribution in [0.25, 0.3) is 0 Å². The van der Waals surface area contributed by atoms with Crippen LogP contribution in [0.15, 0.2) is 17.3 Å². The Bertz CT molecular complexity index is 498. The Hall–Kier alpha value is -1.63. The van der Waals surface area contributed by atoms with Gasteiger partial charge >= 0.3 is 6.18 Å². The van der Waals surface area contributed by atoms with Crippen LogP contribution in [-0.4, -0.2) is 24.0 Å². The maximum atomic E-state index is 13.5. The number of pyridine rings is 1. The average Bonchev–Trinajstić information content (AvgIpc) is 2.35. The molecule has 0 aromatic carbocycles. The first-order chi connectivity index (χ1) is 8.92. The second-order valence-corrected chi connectivity index (χ2v) is 4.36. The molecule has 0 saturated carbocycles.